The second-order valence-electron chi connectivity index (χ2n) is 6.78. The van der Waals surface area contributed by atoms with Crippen molar-refractivity contribution in [3.05, 3.63) is 95.1 Å². The maximum atomic E-state index is 12.4. The predicted octanol–water partition coefficient (Wildman–Crippen LogP) is 5.63. The van der Waals surface area contributed by atoms with Gasteiger partial charge in [-0.3, -0.25) is 9.36 Å². The highest BCUT2D eigenvalue weighted by Gasteiger charge is 2.24. The van der Waals surface area contributed by atoms with E-state index in [1.165, 1.54) is 11.8 Å². The van der Waals surface area contributed by atoms with Gasteiger partial charge < -0.3 is 10.5 Å². The quantitative estimate of drug-likeness (QED) is 0.338. The van der Waals surface area contributed by atoms with Crippen LogP contribution in [0.4, 0.5) is 0 Å². The molecule has 0 saturated carbocycles. The predicted molar refractivity (Wildman–Crippen MR) is 127 cm³/mol. The molecule has 4 aromatic rings. The molecule has 0 bridgehead atoms. The molecule has 0 spiro atoms. The number of aromatic nitrogens is 2. The average Bonchev–Trinajstić information content (AvgIpc) is 3.21. The summed E-state index contributed by atoms with van der Waals surface area (Å²) in [6.45, 7) is 0. The van der Waals surface area contributed by atoms with E-state index in [2.05, 4.69) is 20.9 Å². The van der Waals surface area contributed by atoms with E-state index in [0.29, 0.717) is 5.16 Å². The van der Waals surface area contributed by atoms with Crippen LogP contribution in [-0.4, -0.2) is 22.6 Å². The van der Waals surface area contributed by atoms with Crippen LogP contribution in [0.2, 0.25) is 0 Å². The van der Waals surface area contributed by atoms with Crippen LogP contribution in [0.3, 0.4) is 0 Å². The molecule has 0 radical (unpaired) electrons. The number of thioether (sulfide) groups is 1. The van der Waals surface area contributed by atoms with Crippen molar-refractivity contribution in [2.45, 2.75) is 10.4 Å². The van der Waals surface area contributed by atoms with E-state index in [-0.39, 0.29) is 0 Å². The Morgan fingerprint density at radius 3 is 2.55 bits per heavy atom. The van der Waals surface area contributed by atoms with E-state index < -0.39 is 11.2 Å². The maximum absolute atomic E-state index is 12.4. The summed E-state index contributed by atoms with van der Waals surface area (Å²) in [5.74, 6) is 0.309. The van der Waals surface area contributed by atoms with Gasteiger partial charge in [0.15, 0.2) is 5.16 Å². The highest BCUT2D eigenvalue weighted by molar-refractivity contribution is 9.10. The molecule has 156 valence electrons. The van der Waals surface area contributed by atoms with Gasteiger partial charge >= 0.3 is 0 Å². The minimum Gasteiger partial charge on any atom is -0.497 e. The average molecular weight is 494 g/mol. The van der Waals surface area contributed by atoms with Crippen LogP contribution >= 0.6 is 27.7 Å². The molecule has 1 aromatic heterocycles. The number of ether oxygens (including phenoxy) is 1. The van der Waals surface area contributed by atoms with E-state index in [9.17, 15) is 4.79 Å². The zero-order chi connectivity index (χ0) is 21.8. The summed E-state index contributed by atoms with van der Waals surface area (Å²) in [5.41, 5.74) is 9.41. The smallest absolute Gasteiger partial charge is 0.235 e. The number of hydrogen-bond acceptors (Lipinski definition) is 4. The molecule has 3 aromatic carbocycles. The van der Waals surface area contributed by atoms with Crippen LogP contribution in [0.15, 0.2) is 94.7 Å². The summed E-state index contributed by atoms with van der Waals surface area (Å²) < 4.78 is 8.33. The van der Waals surface area contributed by atoms with Gasteiger partial charge in [0.05, 0.1) is 24.7 Å². The lowest BCUT2D eigenvalue weighted by molar-refractivity contribution is -0.117. The first-order valence-electron chi connectivity index (χ1n) is 9.56. The summed E-state index contributed by atoms with van der Waals surface area (Å²) >= 11 is 4.80. The Morgan fingerprint density at radius 2 is 1.84 bits per heavy atom. The Hall–Kier alpha value is -3.03. The molecule has 0 aliphatic rings. The van der Waals surface area contributed by atoms with Crippen LogP contribution in [0.1, 0.15) is 10.8 Å². The molecule has 1 unspecified atom stereocenters. The molecule has 31 heavy (non-hydrogen) atoms. The van der Waals surface area contributed by atoms with Gasteiger partial charge in [0, 0.05) is 16.1 Å². The third-order valence-corrected chi connectivity index (χ3v) is 6.48. The molecule has 0 saturated heterocycles. The van der Waals surface area contributed by atoms with E-state index in [0.717, 1.165) is 32.7 Å². The van der Waals surface area contributed by atoms with E-state index in [4.69, 9.17) is 10.5 Å². The van der Waals surface area contributed by atoms with Crippen molar-refractivity contribution in [3.63, 3.8) is 0 Å². The molecule has 1 atom stereocenters. The first-order chi connectivity index (χ1) is 15.1. The van der Waals surface area contributed by atoms with Gasteiger partial charge in [-0.15, -0.1) is 0 Å². The molecule has 0 fully saturated rings. The molecule has 5 nitrogen and oxygen atoms in total. The fraction of sp³-hybridized carbons (Fsp3) is 0.0833. The lowest BCUT2D eigenvalue weighted by atomic mass is 10.1. The number of carbonyl (C=O) groups excluding carboxylic acids is 1. The molecule has 2 N–H and O–H groups in total. The largest absolute Gasteiger partial charge is 0.497 e. The second kappa shape index (κ2) is 9.41. The summed E-state index contributed by atoms with van der Waals surface area (Å²) in [6.07, 6.45) is 1.82. The van der Waals surface area contributed by atoms with Crippen LogP contribution in [0, 0.1) is 0 Å². The number of nitrogens with zero attached hydrogens (tertiary/aromatic N) is 2. The van der Waals surface area contributed by atoms with Gasteiger partial charge in [0.1, 0.15) is 11.0 Å². The SMILES string of the molecule is COc1cccc(-n2c(-c3ccccc3)cnc2SC(C(N)=O)c2cccc(Br)c2)c1. The normalized spacial score (nSPS) is 11.8. The summed E-state index contributed by atoms with van der Waals surface area (Å²) in [6, 6.07) is 25.3. The fourth-order valence-electron chi connectivity index (χ4n) is 3.30. The van der Waals surface area contributed by atoms with Gasteiger partial charge in [0.25, 0.3) is 0 Å². The number of hydrogen-bond donors (Lipinski definition) is 1. The van der Waals surface area contributed by atoms with E-state index >= 15 is 0 Å². The lowest BCUT2D eigenvalue weighted by Crippen LogP contribution is -2.19. The van der Waals surface area contributed by atoms with Gasteiger partial charge in [-0.05, 0) is 29.8 Å². The van der Waals surface area contributed by atoms with Gasteiger partial charge in [-0.1, -0.05) is 76.2 Å². The fourth-order valence-corrected chi connectivity index (χ4v) is 4.74. The van der Waals surface area contributed by atoms with Crippen molar-refractivity contribution in [3.8, 4) is 22.7 Å². The first kappa shape index (κ1) is 21.2. The Kier molecular flexibility index (Phi) is 6.44. The van der Waals surface area contributed by atoms with E-state index in [1.54, 1.807) is 7.11 Å². The third kappa shape index (κ3) is 4.68. The van der Waals surface area contributed by atoms with Crippen molar-refractivity contribution in [2.75, 3.05) is 7.11 Å². The zero-order valence-electron chi connectivity index (χ0n) is 16.7. The molecule has 1 amide bonds. The molecular formula is C24H20BrN3O2S. The van der Waals surface area contributed by atoms with Gasteiger partial charge in [-0.2, -0.15) is 0 Å². The highest BCUT2D eigenvalue weighted by Crippen LogP contribution is 2.39. The van der Waals surface area contributed by atoms with Crippen molar-refractivity contribution >= 4 is 33.6 Å². The summed E-state index contributed by atoms with van der Waals surface area (Å²) in [7, 11) is 1.64. The number of primary amides is 1. The van der Waals surface area contributed by atoms with Crippen molar-refractivity contribution in [1.29, 1.82) is 0 Å². The molecule has 7 heteroatoms. The third-order valence-electron chi connectivity index (χ3n) is 4.74. The van der Waals surface area contributed by atoms with Crippen molar-refractivity contribution in [1.82, 2.24) is 9.55 Å². The summed E-state index contributed by atoms with van der Waals surface area (Å²) in [5, 5.41) is 0.0729. The van der Waals surface area contributed by atoms with Crippen LogP contribution < -0.4 is 10.5 Å². The summed E-state index contributed by atoms with van der Waals surface area (Å²) in [4.78, 5) is 17.0. The topological polar surface area (TPSA) is 70.1 Å². The number of amides is 1. The number of carbonyl (C=O) groups is 1. The monoisotopic (exact) mass is 493 g/mol. The highest BCUT2D eigenvalue weighted by atomic mass is 79.9. The number of imidazole rings is 1. The Labute approximate surface area is 193 Å². The second-order valence-corrected chi connectivity index (χ2v) is 8.77. The minimum atomic E-state index is -0.590. The Morgan fingerprint density at radius 1 is 1.06 bits per heavy atom. The van der Waals surface area contributed by atoms with Crippen LogP contribution in [-0.2, 0) is 4.79 Å². The molecule has 1 heterocycles. The van der Waals surface area contributed by atoms with Crippen LogP contribution in [0.5, 0.6) is 5.75 Å². The standard InChI is InChI=1S/C24H20BrN3O2S/c1-30-20-12-6-11-19(14-20)28-21(16-7-3-2-4-8-16)15-27-24(28)31-22(23(26)29)17-9-5-10-18(25)13-17/h2-15,22H,1H3,(H2,26,29). The lowest BCUT2D eigenvalue weighted by Gasteiger charge is -2.17. The number of nitrogens with two attached hydrogens (primary N) is 1. The molecular weight excluding hydrogens is 474 g/mol. The molecule has 0 aliphatic heterocycles. The molecule has 0 aliphatic carbocycles. The van der Waals surface area contributed by atoms with Gasteiger partial charge in [-0.25, -0.2) is 4.98 Å². The first-order valence-corrected chi connectivity index (χ1v) is 11.2. The van der Waals surface area contributed by atoms with E-state index in [1.807, 2.05) is 89.6 Å². The zero-order valence-corrected chi connectivity index (χ0v) is 19.1. The van der Waals surface area contributed by atoms with Crippen molar-refractivity contribution in [2.24, 2.45) is 5.73 Å². The number of halogens is 1. The maximum Gasteiger partial charge on any atom is 0.235 e. The van der Waals surface area contributed by atoms with Crippen LogP contribution in [0.25, 0.3) is 16.9 Å². The Bertz CT molecular complexity index is 1210. The van der Waals surface area contributed by atoms with Gasteiger partial charge in [0.2, 0.25) is 5.91 Å². The number of methoxy groups -OCH3 is 1. The molecule has 4 rings (SSSR count). The minimum absolute atomic E-state index is 0.426. The van der Waals surface area contributed by atoms with Crippen molar-refractivity contribution < 1.29 is 9.53 Å². The number of rotatable bonds is 7. The Balaban J connectivity index is 1.84. The number of benzene rings is 3.